The first-order valence-corrected chi connectivity index (χ1v) is 19.5. The van der Waals surface area contributed by atoms with E-state index in [4.69, 9.17) is 33.2 Å². The Kier molecular flexibility index (Phi) is 12.1. The second-order valence-corrected chi connectivity index (χ2v) is 16.6. The number of fused-ring (bicyclic) bond motifs is 4. The highest BCUT2D eigenvalue weighted by atomic mass is 16.6. The Morgan fingerprint density at radius 2 is 1.49 bits per heavy atom. The Morgan fingerprint density at radius 1 is 0.864 bits per heavy atom. The van der Waals surface area contributed by atoms with Crippen molar-refractivity contribution in [1.82, 2.24) is 5.32 Å². The molecule has 1 saturated carbocycles. The predicted octanol–water partition coefficient (Wildman–Crippen LogP) is 5.00. The van der Waals surface area contributed by atoms with Gasteiger partial charge in [-0.2, -0.15) is 0 Å². The molecule has 0 unspecified atom stereocenters. The van der Waals surface area contributed by atoms with E-state index >= 15 is 0 Å². The summed E-state index contributed by atoms with van der Waals surface area (Å²) < 4.78 is 42.0. The van der Waals surface area contributed by atoms with Crippen molar-refractivity contribution in [2.24, 2.45) is 11.3 Å². The minimum Gasteiger partial charge on any atom is -0.462 e. The number of hydrogen-bond donors (Lipinski definition) is 2. The van der Waals surface area contributed by atoms with Gasteiger partial charge in [-0.05, 0) is 56.5 Å². The first-order chi connectivity index (χ1) is 27.7. The van der Waals surface area contributed by atoms with Crippen LogP contribution in [0, 0.1) is 11.3 Å². The van der Waals surface area contributed by atoms with E-state index in [2.05, 4.69) is 5.32 Å². The van der Waals surface area contributed by atoms with Crippen LogP contribution in [0.15, 0.2) is 83.5 Å². The standard InChI is InChI=1S/C44H51NO14/c1-23-30(56-40(51)36(49)35(27-15-11-9-12-16-27)45-41(52)59-42(5,6)7)19-29-20-31-43(8,32(54-24(2)46)21-33-44(31,22-53-33)58-26(4)48)38(55-25(3)47)37(34(23)29)57-39(50)28-17-13-10-14-18-28/h9-18,20,30-33,35-38,49H,19,21-22H2,1-8H3,(H,45,52)/t30-,31+,32+,33-,35+,36-,37-,38+,43+,44-/m1/s1. The molecule has 1 amide bonds. The predicted molar refractivity (Wildman–Crippen MR) is 207 cm³/mol. The molecule has 0 radical (unpaired) electrons. The normalized spacial score (nSPS) is 29.3. The number of amides is 1. The summed E-state index contributed by atoms with van der Waals surface area (Å²) in [6.07, 6.45) is -6.41. The molecule has 15 nitrogen and oxygen atoms in total. The number of ether oxygens (including phenoxy) is 7. The molecule has 6 rings (SSSR count). The van der Waals surface area contributed by atoms with E-state index in [1.54, 1.807) is 95.3 Å². The van der Waals surface area contributed by atoms with Crippen molar-refractivity contribution in [3.8, 4) is 0 Å². The number of benzene rings is 2. The Labute approximate surface area is 342 Å². The summed E-state index contributed by atoms with van der Waals surface area (Å²) in [4.78, 5) is 79.5. The largest absolute Gasteiger partial charge is 0.462 e. The maximum absolute atomic E-state index is 14.0. The van der Waals surface area contributed by atoms with Crippen LogP contribution in [-0.4, -0.2) is 95.5 Å². The lowest BCUT2D eigenvalue weighted by Gasteiger charge is -2.63. The van der Waals surface area contributed by atoms with Gasteiger partial charge in [-0.15, -0.1) is 0 Å². The summed E-state index contributed by atoms with van der Waals surface area (Å²) in [5, 5.41) is 14.1. The monoisotopic (exact) mass is 817 g/mol. The molecule has 4 aliphatic rings. The van der Waals surface area contributed by atoms with Gasteiger partial charge in [0, 0.05) is 45.1 Å². The van der Waals surface area contributed by atoms with Crippen LogP contribution in [0.2, 0.25) is 0 Å². The van der Waals surface area contributed by atoms with E-state index in [-0.39, 0.29) is 25.0 Å². The summed E-state index contributed by atoms with van der Waals surface area (Å²) in [6.45, 7) is 12.1. The van der Waals surface area contributed by atoms with Gasteiger partial charge in [0.25, 0.3) is 0 Å². The van der Waals surface area contributed by atoms with Gasteiger partial charge in [0.1, 0.15) is 23.9 Å². The lowest BCUT2D eigenvalue weighted by Crippen LogP contribution is -2.75. The van der Waals surface area contributed by atoms with Crippen LogP contribution in [0.5, 0.6) is 0 Å². The summed E-state index contributed by atoms with van der Waals surface area (Å²) in [6, 6.07) is 15.3. The van der Waals surface area contributed by atoms with E-state index in [1.807, 2.05) is 6.08 Å². The molecule has 0 aromatic heterocycles. The molecule has 1 saturated heterocycles. The average Bonchev–Trinajstić information content (AvgIpc) is 3.41. The maximum Gasteiger partial charge on any atom is 0.408 e. The molecule has 2 aromatic carbocycles. The zero-order chi connectivity index (χ0) is 43.0. The summed E-state index contributed by atoms with van der Waals surface area (Å²) in [5.41, 5.74) is -1.71. The fraction of sp³-hybridized carbons (Fsp3) is 0.500. The first kappa shape index (κ1) is 43.0. The number of nitrogens with one attached hydrogen (secondary N) is 1. The molecule has 59 heavy (non-hydrogen) atoms. The number of carbonyl (C=O) groups is 6. The third-order valence-corrected chi connectivity index (χ3v) is 11.4. The van der Waals surface area contributed by atoms with Gasteiger partial charge >= 0.3 is 35.9 Å². The number of aliphatic hydroxyl groups is 1. The van der Waals surface area contributed by atoms with Crippen LogP contribution >= 0.6 is 0 Å². The molecule has 1 aliphatic heterocycles. The minimum absolute atomic E-state index is 0.00616. The summed E-state index contributed by atoms with van der Waals surface area (Å²) in [7, 11) is 0. The van der Waals surface area contributed by atoms with Crippen LogP contribution in [0.25, 0.3) is 0 Å². The summed E-state index contributed by atoms with van der Waals surface area (Å²) >= 11 is 0. The minimum atomic E-state index is -1.91. The molecule has 2 N–H and O–H groups in total. The molecule has 0 spiro atoms. The van der Waals surface area contributed by atoms with Gasteiger partial charge in [-0.3, -0.25) is 14.4 Å². The molecular weight excluding hydrogens is 766 g/mol. The highest BCUT2D eigenvalue weighted by molar-refractivity contribution is 5.90. The number of esters is 5. The van der Waals surface area contributed by atoms with Crippen molar-refractivity contribution < 1.29 is 67.0 Å². The van der Waals surface area contributed by atoms with E-state index in [9.17, 15) is 33.9 Å². The Bertz CT molecular complexity index is 2040. The van der Waals surface area contributed by atoms with Gasteiger partial charge in [0.05, 0.1) is 23.6 Å². The fourth-order valence-electron chi connectivity index (χ4n) is 8.88. The van der Waals surface area contributed by atoms with Gasteiger partial charge in [-0.1, -0.05) is 61.5 Å². The third-order valence-electron chi connectivity index (χ3n) is 11.4. The SMILES string of the molecule is CC(=O)O[C@H]1C[C@H]2OC[C@@]2(OC(C)=O)[C@H]2C=C3C[C@@H](OC(=O)[C@H](O)[C@@H](NC(=O)OC(C)(C)C)c4ccccc4)C(C)=C3[C@@H](OC(=O)c3ccccc3)[C@H](OC(C)=O)[C@]12C. The first-order valence-electron chi connectivity index (χ1n) is 19.5. The van der Waals surface area contributed by atoms with Crippen molar-refractivity contribution in [3.05, 3.63) is 94.6 Å². The molecule has 2 aromatic rings. The van der Waals surface area contributed by atoms with Gasteiger partial charge in [-0.25, -0.2) is 14.4 Å². The maximum atomic E-state index is 14.0. The second-order valence-electron chi connectivity index (χ2n) is 16.6. The molecule has 0 bridgehead atoms. The molecule has 10 atom stereocenters. The fourth-order valence-corrected chi connectivity index (χ4v) is 8.88. The molecule has 3 aliphatic carbocycles. The third kappa shape index (κ3) is 8.62. The Hall–Kier alpha value is -5.54. The van der Waals surface area contributed by atoms with E-state index in [0.717, 1.165) is 0 Å². The van der Waals surface area contributed by atoms with E-state index < -0.39 is 101 Å². The topological polar surface area (TPSA) is 199 Å². The number of carbonyl (C=O) groups excluding carboxylic acids is 6. The van der Waals surface area contributed by atoms with Crippen molar-refractivity contribution in [2.45, 2.75) is 122 Å². The van der Waals surface area contributed by atoms with Crippen molar-refractivity contribution in [2.75, 3.05) is 6.61 Å². The van der Waals surface area contributed by atoms with Gasteiger partial charge < -0.3 is 43.6 Å². The highest BCUT2D eigenvalue weighted by Gasteiger charge is 2.72. The van der Waals surface area contributed by atoms with Crippen LogP contribution in [0.4, 0.5) is 4.79 Å². The quantitative estimate of drug-likeness (QED) is 0.240. The lowest BCUT2D eigenvalue weighted by atomic mass is 9.53. The second kappa shape index (κ2) is 16.6. The number of rotatable bonds is 10. The van der Waals surface area contributed by atoms with Crippen LogP contribution in [0.1, 0.15) is 90.2 Å². The number of aliphatic hydroxyl groups excluding tert-OH is 1. The van der Waals surface area contributed by atoms with Crippen molar-refractivity contribution >= 4 is 35.9 Å². The molecule has 2 fully saturated rings. The van der Waals surface area contributed by atoms with Crippen LogP contribution in [0.3, 0.4) is 0 Å². The van der Waals surface area contributed by atoms with Crippen LogP contribution < -0.4 is 5.32 Å². The molecular formula is C44H51NO14. The van der Waals surface area contributed by atoms with E-state index in [1.165, 1.54) is 20.8 Å². The van der Waals surface area contributed by atoms with Crippen LogP contribution in [-0.2, 0) is 52.3 Å². The van der Waals surface area contributed by atoms with Gasteiger partial charge in [0.2, 0.25) is 0 Å². The smallest absolute Gasteiger partial charge is 0.408 e. The zero-order valence-corrected chi connectivity index (χ0v) is 34.3. The molecule has 15 heteroatoms. The van der Waals surface area contributed by atoms with Crippen molar-refractivity contribution in [1.29, 1.82) is 0 Å². The van der Waals surface area contributed by atoms with E-state index in [0.29, 0.717) is 22.3 Å². The number of alkyl carbamates (subject to hydrolysis) is 1. The highest BCUT2D eigenvalue weighted by Crippen LogP contribution is 2.61. The summed E-state index contributed by atoms with van der Waals surface area (Å²) in [5.74, 6) is -4.67. The van der Waals surface area contributed by atoms with Gasteiger partial charge in [0.15, 0.2) is 23.9 Å². The molecule has 1 heterocycles. The zero-order valence-electron chi connectivity index (χ0n) is 34.3. The Balaban J connectivity index is 1.45. The lowest BCUT2D eigenvalue weighted by molar-refractivity contribution is -0.326. The van der Waals surface area contributed by atoms with Crippen molar-refractivity contribution in [3.63, 3.8) is 0 Å². The molecule has 316 valence electrons. The Morgan fingerprint density at radius 3 is 2.05 bits per heavy atom. The number of hydrogen-bond acceptors (Lipinski definition) is 14. The average molecular weight is 818 g/mol.